The maximum atomic E-state index is 13.0. The van der Waals surface area contributed by atoms with Crippen LogP contribution >= 0.6 is 36.2 Å². The molecule has 1 aliphatic rings. The molecule has 1 fully saturated rings. The molecule has 2 N–H and O–H groups in total. The molecule has 23 heavy (non-hydrogen) atoms. The highest BCUT2D eigenvalue weighted by atomic mass is 35.5. The summed E-state index contributed by atoms with van der Waals surface area (Å²) in [7, 11) is 0. The summed E-state index contributed by atoms with van der Waals surface area (Å²) in [6.07, 6.45) is 1.12. The van der Waals surface area contributed by atoms with Gasteiger partial charge >= 0.3 is 0 Å². The van der Waals surface area contributed by atoms with Crippen LogP contribution in [0.3, 0.4) is 0 Å². The van der Waals surface area contributed by atoms with Crippen molar-refractivity contribution in [2.75, 3.05) is 11.9 Å². The van der Waals surface area contributed by atoms with Crippen LogP contribution in [0.4, 0.5) is 13.9 Å². The standard InChI is InChI=1S/C12H11F2N5OS.2ClH/c13-12(14)5-8(16-6-12)9(20)17-11-19-18-10(21-11)7-3-1-2-4-15-7;;/h1-4,8,16H,5-6H2,(H,17,19,20);2*1H. The van der Waals surface area contributed by atoms with Gasteiger partial charge < -0.3 is 0 Å². The minimum atomic E-state index is -2.84. The molecule has 126 valence electrons. The van der Waals surface area contributed by atoms with Crippen molar-refractivity contribution in [1.29, 1.82) is 0 Å². The second-order valence-corrected chi connectivity index (χ2v) is 5.59. The van der Waals surface area contributed by atoms with Crippen LogP contribution in [0.15, 0.2) is 24.4 Å². The molecule has 1 aliphatic heterocycles. The number of anilines is 1. The summed E-state index contributed by atoms with van der Waals surface area (Å²) in [4.78, 5) is 16.0. The Kier molecular flexibility index (Phi) is 6.75. The van der Waals surface area contributed by atoms with Gasteiger partial charge in [-0.25, -0.2) is 8.78 Å². The predicted octanol–water partition coefficient (Wildman–Crippen LogP) is 2.38. The number of pyridine rings is 1. The molecule has 0 saturated carbocycles. The molecule has 3 rings (SSSR count). The quantitative estimate of drug-likeness (QED) is 0.850. The Hall–Kier alpha value is -1.42. The Morgan fingerprint density at radius 3 is 2.74 bits per heavy atom. The second kappa shape index (κ2) is 7.91. The van der Waals surface area contributed by atoms with Crippen LogP contribution in [0, 0.1) is 0 Å². The van der Waals surface area contributed by atoms with Gasteiger partial charge in [-0.1, -0.05) is 17.4 Å². The lowest BCUT2D eigenvalue weighted by atomic mass is 10.2. The van der Waals surface area contributed by atoms with Crippen LogP contribution in [0.5, 0.6) is 0 Å². The normalized spacial score (nSPS) is 18.6. The summed E-state index contributed by atoms with van der Waals surface area (Å²) in [5.41, 5.74) is 0.640. The molecule has 11 heteroatoms. The van der Waals surface area contributed by atoms with Gasteiger partial charge in [-0.2, -0.15) is 0 Å². The molecule has 2 aromatic rings. The number of nitrogens with one attached hydrogen (secondary N) is 2. The Morgan fingerprint density at radius 2 is 2.13 bits per heavy atom. The van der Waals surface area contributed by atoms with E-state index in [9.17, 15) is 13.6 Å². The largest absolute Gasteiger partial charge is 0.300 e. The van der Waals surface area contributed by atoms with Crippen LogP contribution in [-0.2, 0) is 4.79 Å². The van der Waals surface area contributed by atoms with Crippen LogP contribution in [0.2, 0.25) is 0 Å². The molecule has 2 aromatic heterocycles. The minimum Gasteiger partial charge on any atom is -0.300 e. The van der Waals surface area contributed by atoms with Gasteiger partial charge in [0.25, 0.3) is 5.92 Å². The zero-order valence-electron chi connectivity index (χ0n) is 11.5. The number of hydrogen-bond acceptors (Lipinski definition) is 6. The van der Waals surface area contributed by atoms with Gasteiger partial charge in [0, 0.05) is 12.6 Å². The smallest absolute Gasteiger partial charge is 0.262 e. The van der Waals surface area contributed by atoms with E-state index in [1.165, 1.54) is 0 Å². The Labute approximate surface area is 146 Å². The second-order valence-electron chi connectivity index (χ2n) is 4.61. The van der Waals surface area contributed by atoms with Crippen LogP contribution in [-0.4, -0.2) is 39.6 Å². The first-order chi connectivity index (χ1) is 10.0. The Morgan fingerprint density at radius 1 is 1.35 bits per heavy atom. The molecule has 3 heterocycles. The van der Waals surface area contributed by atoms with Crippen LogP contribution in [0.1, 0.15) is 6.42 Å². The number of nitrogens with zero attached hydrogens (tertiary/aromatic N) is 3. The average Bonchev–Trinajstić information content (AvgIpc) is 3.06. The fraction of sp³-hybridized carbons (Fsp3) is 0.333. The van der Waals surface area contributed by atoms with E-state index in [0.29, 0.717) is 10.7 Å². The number of rotatable bonds is 3. The van der Waals surface area contributed by atoms with E-state index in [-0.39, 0.29) is 29.9 Å². The fourth-order valence-corrected chi connectivity index (χ4v) is 2.68. The first-order valence-corrected chi connectivity index (χ1v) is 7.02. The van der Waals surface area contributed by atoms with Crippen molar-refractivity contribution in [3.63, 3.8) is 0 Å². The van der Waals surface area contributed by atoms with E-state index in [0.717, 1.165) is 11.3 Å². The lowest BCUT2D eigenvalue weighted by molar-refractivity contribution is -0.118. The third kappa shape index (κ3) is 4.77. The van der Waals surface area contributed by atoms with Gasteiger partial charge in [-0.15, -0.1) is 35.0 Å². The number of carbonyl (C=O) groups is 1. The van der Waals surface area contributed by atoms with Gasteiger partial charge in [0.15, 0.2) is 5.01 Å². The SMILES string of the molecule is Cl.Cl.O=C(Nc1nnc(-c2ccccn2)s1)C1CC(F)(F)CN1. The van der Waals surface area contributed by atoms with E-state index in [1.54, 1.807) is 18.3 Å². The molecule has 1 atom stereocenters. The third-order valence-electron chi connectivity index (χ3n) is 2.97. The number of amides is 1. The number of halogens is 4. The van der Waals surface area contributed by atoms with Gasteiger partial charge in [0.1, 0.15) is 5.69 Å². The molecular weight excluding hydrogens is 371 g/mol. The van der Waals surface area contributed by atoms with Gasteiger partial charge in [-0.05, 0) is 12.1 Å². The number of alkyl halides is 2. The zero-order chi connectivity index (χ0) is 14.9. The summed E-state index contributed by atoms with van der Waals surface area (Å²) >= 11 is 1.14. The summed E-state index contributed by atoms with van der Waals surface area (Å²) < 4.78 is 26.1. The van der Waals surface area contributed by atoms with E-state index >= 15 is 0 Å². The van der Waals surface area contributed by atoms with E-state index < -0.39 is 30.8 Å². The molecule has 0 bridgehead atoms. The molecule has 0 aliphatic carbocycles. The minimum absolute atomic E-state index is 0. The average molecular weight is 384 g/mol. The Balaban J connectivity index is 0.00000132. The molecule has 1 saturated heterocycles. The Bertz CT molecular complexity index is 658. The highest BCUT2D eigenvalue weighted by Gasteiger charge is 2.42. The maximum Gasteiger partial charge on any atom is 0.262 e. The molecular formula is C12H13Cl2F2N5OS. The molecule has 0 aromatic carbocycles. The lowest BCUT2D eigenvalue weighted by Crippen LogP contribution is -2.35. The summed E-state index contributed by atoms with van der Waals surface area (Å²) in [6, 6.07) is 4.44. The van der Waals surface area contributed by atoms with Gasteiger partial charge in [0.2, 0.25) is 11.0 Å². The van der Waals surface area contributed by atoms with Crippen molar-refractivity contribution in [3.05, 3.63) is 24.4 Å². The van der Waals surface area contributed by atoms with E-state index in [2.05, 4.69) is 25.8 Å². The van der Waals surface area contributed by atoms with Gasteiger partial charge in [-0.3, -0.25) is 20.4 Å². The van der Waals surface area contributed by atoms with E-state index in [1.807, 2.05) is 6.07 Å². The fourth-order valence-electron chi connectivity index (χ4n) is 1.96. The van der Waals surface area contributed by atoms with Crippen molar-refractivity contribution < 1.29 is 13.6 Å². The summed E-state index contributed by atoms with van der Waals surface area (Å²) in [5, 5.41) is 13.5. The first kappa shape index (κ1) is 19.6. The van der Waals surface area contributed by atoms with Crippen molar-refractivity contribution >= 4 is 47.2 Å². The number of carbonyl (C=O) groups excluding carboxylic acids is 1. The van der Waals surface area contributed by atoms with Crippen LogP contribution in [0.25, 0.3) is 10.7 Å². The lowest BCUT2D eigenvalue weighted by Gasteiger charge is -2.08. The zero-order valence-corrected chi connectivity index (χ0v) is 14.0. The highest BCUT2D eigenvalue weighted by Crippen LogP contribution is 2.27. The molecule has 0 radical (unpaired) electrons. The molecule has 1 unspecified atom stereocenters. The predicted molar refractivity (Wildman–Crippen MR) is 87.6 cm³/mol. The highest BCUT2D eigenvalue weighted by molar-refractivity contribution is 7.18. The van der Waals surface area contributed by atoms with Crippen molar-refractivity contribution in [2.24, 2.45) is 0 Å². The molecule has 0 spiro atoms. The van der Waals surface area contributed by atoms with Crippen molar-refractivity contribution in [1.82, 2.24) is 20.5 Å². The molecule has 6 nitrogen and oxygen atoms in total. The molecule has 1 amide bonds. The summed E-state index contributed by atoms with van der Waals surface area (Å²) in [5.74, 6) is -3.38. The van der Waals surface area contributed by atoms with Gasteiger partial charge in [0.05, 0.1) is 12.6 Å². The topological polar surface area (TPSA) is 79.8 Å². The number of aromatic nitrogens is 3. The van der Waals surface area contributed by atoms with Crippen LogP contribution < -0.4 is 10.6 Å². The first-order valence-electron chi connectivity index (χ1n) is 6.20. The maximum absolute atomic E-state index is 13.0. The van der Waals surface area contributed by atoms with Crippen molar-refractivity contribution in [3.8, 4) is 10.7 Å². The third-order valence-corrected chi connectivity index (χ3v) is 3.83. The summed E-state index contributed by atoms with van der Waals surface area (Å²) in [6.45, 7) is -0.486. The number of hydrogen-bond donors (Lipinski definition) is 2. The van der Waals surface area contributed by atoms with E-state index in [4.69, 9.17) is 0 Å². The monoisotopic (exact) mass is 383 g/mol. The van der Waals surface area contributed by atoms with Crippen molar-refractivity contribution in [2.45, 2.75) is 18.4 Å².